The predicted octanol–water partition coefficient (Wildman–Crippen LogP) is 2.64. The smallest absolute Gasteiger partial charge is 0.270 e. The summed E-state index contributed by atoms with van der Waals surface area (Å²) in [5, 5.41) is 19.2. The van der Waals surface area contributed by atoms with Gasteiger partial charge in [0, 0.05) is 10.5 Å². The Kier molecular flexibility index (Phi) is 4.11. The molecule has 5 nitrogen and oxygen atoms in total. The summed E-state index contributed by atoms with van der Waals surface area (Å²) < 4.78 is 13.4. The molecule has 0 bridgehead atoms. The summed E-state index contributed by atoms with van der Waals surface area (Å²) in [6.07, 6.45) is 1.70. The fraction of sp³-hybridized carbons (Fsp3) is 0.0833. The lowest BCUT2D eigenvalue weighted by molar-refractivity contribution is 0.470. The minimum Gasteiger partial charge on any atom is -0.507 e. The zero-order valence-corrected chi connectivity index (χ0v) is 12.5. The Hall–Kier alpha value is -1.85. The molecular formula is C12H7BrFN3O2S. The maximum atomic E-state index is 13.2. The molecule has 1 aromatic carbocycles. The monoisotopic (exact) mass is 355 g/mol. The molecule has 1 heterocycles. The van der Waals surface area contributed by atoms with Gasteiger partial charge in [0.1, 0.15) is 28.9 Å². The topological polar surface area (TPSA) is 89.8 Å². The zero-order chi connectivity index (χ0) is 14.9. The number of aromatic nitrogens is 2. The van der Waals surface area contributed by atoms with E-state index in [-0.39, 0.29) is 21.3 Å². The van der Waals surface area contributed by atoms with Gasteiger partial charge < -0.3 is 10.1 Å². The predicted molar refractivity (Wildman–Crippen MR) is 76.1 cm³/mol. The summed E-state index contributed by atoms with van der Waals surface area (Å²) in [6.45, 7) is 0. The fourth-order valence-electron chi connectivity index (χ4n) is 1.63. The van der Waals surface area contributed by atoms with E-state index in [0.717, 1.165) is 12.1 Å². The molecule has 8 heteroatoms. The molecule has 0 fully saturated rings. The third kappa shape index (κ3) is 2.55. The maximum absolute atomic E-state index is 13.2. The van der Waals surface area contributed by atoms with Gasteiger partial charge in [-0.3, -0.25) is 4.79 Å². The van der Waals surface area contributed by atoms with Crippen LogP contribution in [-0.4, -0.2) is 21.3 Å². The highest BCUT2D eigenvalue weighted by Crippen LogP contribution is 2.37. The lowest BCUT2D eigenvalue weighted by Gasteiger charge is -2.09. The summed E-state index contributed by atoms with van der Waals surface area (Å²) in [7, 11) is 0. The molecule has 0 spiro atoms. The minimum atomic E-state index is -0.647. The second-order valence-electron chi connectivity index (χ2n) is 3.69. The summed E-state index contributed by atoms with van der Waals surface area (Å²) in [5.74, 6) is -1.05. The standard InChI is InChI=1S/C12H7BrFN3O2S/c1-20-12-16-10(6(4-15)11(19)17-12)9-7(13)2-5(14)3-8(9)18/h2-3,18H,1H3,(H,16,17,19). The first-order valence-electron chi connectivity index (χ1n) is 5.24. The van der Waals surface area contributed by atoms with Crippen molar-refractivity contribution in [3.63, 3.8) is 0 Å². The van der Waals surface area contributed by atoms with Gasteiger partial charge in [-0.25, -0.2) is 9.37 Å². The highest BCUT2D eigenvalue weighted by Gasteiger charge is 2.19. The minimum absolute atomic E-state index is 0.00461. The molecule has 0 amide bonds. The number of thioether (sulfide) groups is 1. The lowest BCUT2D eigenvalue weighted by Crippen LogP contribution is -2.14. The van der Waals surface area contributed by atoms with Crippen molar-refractivity contribution in [2.45, 2.75) is 5.16 Å². The number of aromatic amines is 1. The van der Waals surface area contributed by atoms with E-state index in [1.165, 1.54) is 11.8 Å². The third-order valence-electron chi connectivity index (χ3n) is 2.47. The van der Waals surface area contributed by atoms with Gasteiger partial charge in [0.25, 0.3) is 5.56 Å². The van der Waals surface area contributed by atoms with Crippen LogP contribution in [0.5, 0.6) is 5.75 Å². The van der Waals surface area contributed by atoms with Crippen molar-refractivity contribution >= 4 is 27.7 Å². The van der Waals surface area contributed by atoms with E-state index >= 15 is 0 Å². The molecule has 1 aromatic heterocycles. The van der Waals surface area contributed by atoms with Crippen LogP contribution in [0.4, 0.5) is 4.39 Å². The second kappa shape index (κ2) is 5.64. The summed E-state index contributed by atoms with van der Waals surface area (Å²) >= 11 is 4.28. The number of nitrogens with zero attached hydrogens (tertiary/aromatic N) is 2. The molecule has 2 aromatic rings. The van der Waals surface area contributed by atoms with Crippen LogP contribution in [-0.2, 0) is 0 Å². The summed E-state index contributed by atoms with van der Waals surface area (Å²) in [5.41, 5.74) is -0.753. The summed E-state index contributed by atoms with van der Waals surface area (Å²) in [4.78, 5) is 18.4. The molecule has 2 rings (SSSR count). The van der Waals surface area contributed by atoms with E-state index in [0.29, 0.717) is 5.16 Å². The van der Waals surface area contributed by atoms with Crippen molar-refractivity contribution in [3.8, 4) is 23.1 Å². The molecule has 0 radical (unpaired) electrons. The van der Waals surface area contributed by atoms with Crippen molar-refractivity contribution in [2.24, 2.45) is 0 Å². The molecular weight excluding hydrogens is 349 g/mol. The van der Waals surface area contributed by atoms with Crippen molar-refractivity contribution in [2.75, 3.05) is 6.26 Å². The van der Waals surface area contributed by atoms with E-state index in [1.54, 1.807) is 12.3 Å². The molecule has 0 unspecified atom stereocenters. The van der Waals surface area contributed by atoms with Crippen LogP contribution in [0.25, 0.3) is 11.3 Å². The quantitative estimate of drug-likeness (QED) is 0.638. The van der Waals surface area contributed by atoms with Crippen LogP contribution >= 0.6 is 27.7 Å². The Morgan fingerprint density at radius 3 is 2.80 bits per heavy atom. The number of benzene rings is 1. The van der Waals surface area contributed by atoms with Crippen molar-refractivity contribution in [1.82, 2.24) is 9.97 Å². The average Bonchev–Trinajstić information content (AvgIpc) is 2.37. The van der Waals surface area contributed by atoms with Gasteiger partial charge in [0.2, 0.25) is 0 Å². The van der Waals surface area contributed by atoms with Crippen LogP contribution in [0.3, 0.4) is 0 Å². The fourth-order valence-corrected chi connectivity index (χ4v) is 2.62. The SMILES string of the molecule is CSc1nc(-c2c(O)cc(F)cc2Br)c(C#N)c(=O)[nH]1. The molecule has 0 saturated carbocycles. The van der Waals surface area contributed by atoms with E-state index < -0.39 is 17.1 Å². The molecule has 2 N–H and O–H groups in total. The van der Waals surface area contributed by atoms with E-state index in [2.05, 4.69) is 25.9 Å². The average molecular weight is 356 g/mol. The lowest BCUT2D eigenvalue weighted by atomic mass is 10.1. The van der Waals surface area contributed by atoms with Gasteiger partial charge in [0.05, 0.1) is 5.56 Å². The first kappa shape index (κ1) is 14.6. The van der Waals surface area contributed by atoms with Crippen LogP contribution in [0.15, 0.2) is 26.6 Å². The van der Waals surface area contributed by atoms with Gasteiger partial charge in [-0.1, -0.05) is 11.8 Å². The Morgan fingerprint density at radius 2 is 2.25 bits per heavy atom. The zero-order valence-electron chi connectivity index (χ0n) is 10.1. The largest absolute Gasteiger partial charge is 0.507 e. The number of H-pyrrole nitrogens is 1. The van der Waals surface area contributed by atoms with Gasteiger partial charge in [0.15, 0.2) is 5.16 Å². The second-order valence-corrected chi connectivity index (χ2v) is 5.34. The number of aromatic hydroxyl groups is 1. The Labute approximate surface area is 125 Å². The van der Waals surface area contributed by atoms with Crippen LogP contribution in [0, 0.1) is 17.1 Å². The van der Waals surface area contributed by atoms with Crippen LogP contribution in [0.2, 0.25) is 0 Å². The van der Waals surface area contributed by atoms with Crippen LogP contribution < -0.4 is 5.56 Å². The normalized spacial score (nSPS) is 10.3. The van der Waals surface area contributed by atoms with Gasteiger partial charge in [-0.05, 0) is 28.3 Å². The molecule has 0 aliphatic heterocycles. The van der Waals surface area contributed by atoms with Gasteiger partial charge in [-0.15, -0.1) is 0 Å². The number of nitriles is 1. The van der Waals surface area contributed by atoms with Crippen molar-refractivity contribution < 1.29 is 9.50 Å². The maximum Gasteiger partial charge on any atom is 0.270 e. The van der Waals surface area contributed by atoms with Crippen molar-refractivity contribution in [1.29, 1.82) is 5.26 Å². The van der Waals surface area contributed by atoms with Gasteiger partial charge in [-0.2, -0.15) is 5.26 Å². The Morgan fingerprint density at radius 1 is 1.55 bits per heavy atom. The van der Waals surface area contributed by atoms with Crippen LogP contribution in [0.1, 0.15) is 5.56 Å². The molecule has 0 atom stereocenters. The van der Waals surface area contributed by atoms with E-state index in [9.17, 15) is 14.3 Å². The number of rotatable bonds is 2. The van der Waals surface area contributed by atoms with Crippen molar-refractivity contribution in [3.05, 3.63) is 38.3 Å². The Balaban J connectivity index is 2.86. The number of hydrogen-bond donors (Lipinski definition) is 2. The first-order chi connectivity index (χ1) is 9.47. The first-order valence-corrected chi connectivity index (χ1v) is 7.26. The molecule has 0 saturated heterocycles. The molecule has 102 valence electrons. The number of hydrogen-bond acceptors (Lipinski definition) is 5. The molecule has 0 aliphatic rings. The Bertz CT molecular complexity index is 762. The molecule has 0 aliphatic carbocycles. The summed E-state index contributed by atoms with van der Waals surface area (Å²) in [6, 6.07) is 3.76. The highest BCUT2D eigenvalue weighted by atomic mass is 79.9. The van der Waals surface area contributed by atoms with Gasteiger partial charge >= 0.3 is 0 Å². The van der Waals surface area contributed by atoms with E-state index in [4.69, 9.17) is 5.26 Å². The number of phenolic OH excluding ortho intramolecular Hbond substituents is 1. The highest BCUT2D eigenvalue weighted by molar-refractivity contribution is 9.10. The number of phenols is 1. The molecule has 20 heavy (non-hydrogen) atoms. The number of nitrogens with one attached hydrogen (secondary N) is 1. The number of halogens is 2. The van der Waals surface area contributed by atoms with E-state index in [1.807, 2.05) is 0 Å². The third-order valence-corrected chi connectivity index (χ3v) is 3.68.